The molecule has 20 heavy (non-hydrogen) atoms. The molecule has 2 amide bonds. The van der Waals surface area contributed by atoms with Crippen molar-refractivity contribution in [3.05, 3.63) is 60.7 Å². The van der Waals surface area contributed by atoms with Gasteiger partial charge < -0.3 is 11.1 Å². The number of amides is 2. The molecule has 2 rings (SSSR count). The number of nitrogens with one attached hydrogen (secondary N) is 1. The van der Waals surface area contributed by atoms with Crippen LogP contribution in [0.4, 0.5) is 5.69 Å². The van der Waals surface area contributed by atoms with Gasteiger partial charge in [0.2, 0.25) is 0 Å². The molecule has 0 saturated carbocycles. The highest BCUT2D eigenvalue weighted by Gasteiger charge is 2.14. The van der Waals surface area contributed by atoms with Crippen LogP contribution in [0.1, 0.15) is 20.7 Å². The van der Waals surface area contributed by atoms with E-state index < -0.39 is 5.91 Å². The molecular weight excluding hydrogens is 482 g/mol. The topological polar surface area (TPSA) is 72.2 Å². The number of nitrogens with two attached hydrogens (primary N) is 1. The highest BCUT2D eigenvalue weighted by atomic mass is 127. The molecule has 0 atom stereocenters. The van der Waals surface area contributed by atoms with Crippen LogP contribution in [0.2, 0.25) is 0 Å². The smallest absolute Gasteiger partial charge is 0.256 e. The van der Waals surface area contributed by atoms with Crippen molar-refractivity contribution in [3.63, 3.8) is 0 Å². The molecule has 6 heteroatoms. The second-order valence-electron chi connectivity index (χ2n) is 3.99. The number of halogens is 2. The summed E-state index contributed by atoms with van der Waals surface area (Å²) in [7, 11) is 0. The largest absolute Gasteiger partial charge is 0.366 e. The molecular formula is C14H10I2N2O2. The van der Waals surface area contributed by atoms with Crippen LogP contribution in [-0.4, -0.2) is 11.8 Å². The van der Waals surface area contributed by atoms with Crippen LogP contribution in [0.3, 0.4) is 0 Å². The predicted molar refractivity (Wildman–Crippen MR) is 94.8 cm³/mol. The lowest BCUT2D eigenvalue weighted by Crippen LogP contribution is -2.19. The minimum absolute atomic E-state index is 0.262. The molecule has 2 aromatic carbocycles. The van der Waals surface area contributed by atoms with E-state index in [0.29, 0.717) is 16.8 Å². The summed E-state index contributed by atoms with van der Waals surface area (Å²) in [6, 6.07) is 12.3. The van der Waals surface area contributed by atoms with Gasteiger partial charge in [0, 0.05) is 7.14 Å². The Hall–Kier alpha value is -1.16. The Morgan fingerprint density at radius 3 is 2.40 bits per heavy atom. The molecule has 0 heterocycles. The van der Waals surface area contributed by atoms with Crippen LogP contribution in [0.5, 0.6) is 0 Å². The molecule has 4 nitrogen and oxygen atoms in total. The standard InChI is InChI=1S/C14H10I2N2O2/c15-8-5-6-11(16)10(7-8)14(20)18-12-4-2-1-3-9(12)13(17)19/h1-7H,(H2,17,19)(H,18,20). The van der Waals surface area contributed by atoms with Gasteiger partial charge in [0.15, 0.2) is 0 Å². The highest BCUT2D eigenvalue weighted by Crippen LogP contribution is 2.19. The van der Waals surface area contributed by atoms with Gasteiger partial charge in [-0.2, -0.15) is 0 Å². The number of carbonyl (C=O) groups is 2. The van der Waals surface area contributed by atoms with Gasteiger partial charge in [-0.25, -0.2) is 0 Å². The number of carbonyl (C=O) groups excluding carboxylic acids is 2. The third kappa shape index (κ3) is 3.48. The Bertz CT molecular complexity index is 687. The fourth-order valence-electron chi connectivity index (χ4n) is 1.67. The Labute approximate surface area is 143 Å². The molecule has 0 aliphatic carbocycles. The number of rotatable bonds is 3. The Morgan fingerprint density at radius 1 is 1.00 bits per heavy atom. The van der Waals surface area contributed by atoms with E-state index in [1.807, 2.05) is 12.1 Å². The molecule has 0 aliphatic rings. The third-order valence-corrected chi connectivity index (χ3v) is 4.23. The van der Waals surface area contributed by atoms with Crippen molar-refractivity contribution < 1.29 is 9.59 Å². The minimum Gasteiger partial charge on any atom is -0.366 e. The van der Waals surface area contributed by atoms with Gasteiger partial charge in [0.05, 0.1) is 16.8 Å². The van der Waals surface area contributed by atoms with E-state index >= 15 is 0 Å². The summed E-state index contributed by atoms with van der Waals surface area (Å²) in [6.07, 6.45) is 0. The maximum Gasteiger partial charge on any atom is 0.256 e. The zero-order valence-electron chi connectivity index (χ0n) is 10.2. The number of benzene rings is 2. The van der Waals surface area contributed by atoms with E-state index in [9.17, 15) is 9.59 Å². The van der Waals surface area contributed by atoms with Crippen LogP contribution in [0.15, 0.2) is 42.5 Å². The van der Waals surface area contributed by atoms with Gasteiger partial charge in [-0.3, -0.25) is 9.59 Å². The summed E-state index contributed by atoms with van der Waals surface area (Å²) in [5.41, 5.74) is 6.57. The summed E-state index contributed by atoms with van der Waals surface area (Å²) in [6.45, 7) is 0. The molecule has 0 bridgehead atoms. The first kappa shape index (κ1) is 15.2. The monoisotopic (exact) mass is 492 g/mol. The van der Waals surface area contributed by atoms with Gasteiger partial charge >= 0.3 is 0 Å². The van der Waals surface area contributed by atoms with Gasteiger partial charge in [-0.1, -0.05) is 12.1 Å². The molecule has 0 saturated heterocycles. The molecule has 0 unspecified atom stereocenters. The Balaban J connectivity index is 2.33. The maximum atomic E-state index is 12.3. The highest BCUT2D eigenvalue weighted by molar-refractivity contribution is 14.1. The summed E-state index contributed by atoms with van der Waals surface area (Å²) >= 11 is 4.25. The lowest BCUT2D eigenvalue weighted by Gasteiger charge is -2.10. The molecule has 0 fully saturated rings. The van der Waals surface area contributed by atoms with E-state index in [-0.39, 0.29) is 5.91 Å². The van der Waals surface area contributed by atoms with Crippen molar-refractivity contribution in [1.29, 1.82) is 0 Å². The lowest BCUT2D eigenvalue weighted by atomic mass is 10.1. The average Bonchev–Trinajstić information content (AvgIpc) is 2.41. The summed E-state index contributed by atoms with van der Waals surface area (Å²) < 4.78 is 1.81. The molecule has 0 spiro atoms. The van der Waals surface area contributed by atoms with E-state index in [2.05, 4.69) is 50.5 Å². The van der Waals surface area contributed by atoms with Crippen molar-refractivity contribution in [2.24, 2.45) is 5.73 Å². The third-order valence-electron chi connectivity index (χ3n) is 2.61. The fourth-order valence-corrected chi connectivity index (χ4v) is 2.74. The van der Waals surface area contributed by atoms with Gasteiger partial charge in [0.25, 0.3) is 11.8 Å². The number of primary amides is 1. The Kier molecular flexibility index (Phi) is 4.97. The van der Waals surface area contributed by atoms with Crippen molar-refractivity contribution >= 4 is 62.7 Å². The second-order valence-corrected chi connectivity index (χ2v) is 6.40. The SMILES string of the molecule is NC(=O)c1ccccc1NC(=O)c1cc(I)ccc1I. The fraction of sp³-hybridized carbons (Fsp3) is 0. The summed E-state index contributed by atoms with van der Waals surface area (Å²) in [5, 5.41) is 2.73. The molecule has 3 N–H and O–H groups in total. The number of hydrogen-bond acceptors (Lipinski definition) is 2. The van der Waals surface area contributed by atoms with Gasteiger partial charge in [-0.05, 0) is 75.5 Å². The first-order valence-electron chi connectivity index (χ1n) is 5.64. The second kappa shape index (κ2) is 6.53. The molecule has 102 valence electrons. The van der Waals surface area contributed by atoms with E-state index in [4.69, 9.17) is 5.73 Å². The van der Waals surface area contributed by atoms with E-state index in [0.717, 1.165) is 7.14 Å². The average molecular weight is 492 g/mol. The molecule has 0 aliphatic heterocycles. The van der Waals surface area contributed by atoms with Crippen LogP contribution in [0.25, 0.3) is 0 Å². The zero-order chi connectivity index (χ0) is 14.7. The van der Waals surface area contributed by atoms with Crippen molar-refractivity contribution in [3.8, 4) is 0 Å². The quantitative estimate of drug-likeness (QED) is 0.647. The number of para-hydroxylation sites is 1. The van der Waals surface area contributed by atoms with Crippen LogP contribution in [0, 0.1) is 7.14 Å². The van der Waals surface area contributed by atoms with Crippen molar-refractivity contribution in [1.82, 2.24) is 0 Å². The molecule has 0 radical (unpaired) electrons. The summed E-state index contributed by atoms with van der Waals surface area (Å²) in [4.78, 5) is 23.6. The van der Waals surface area contributed by atoms with Gasteiger partial charge in [-0.15, -0.1) is 0 Å². The predicted octanol–water partition coefficient (Wildman–Crippen LogP) is 3.25. The van der Waals surface area contributed by atoms with Crippen molar-refractivity contribution in [2.45, 2.75) is 0 Å². The lowest BCUT2D eigenvalue weighted by molar-refractivity contribution is 0.100. The number of anilines is 1. The van der Waals surface area contributed by atoms with E-state index in [1.54, 1.807) is 30.3 Å². The zero-order valence-corrected chi connectivity index (χ0v) is 14.5. The first-order valence-corrected chi connectivity index (χ1v) is 7.80. The Morgan fingerprint density at radius 2 is 1.70 bits per heavy atom. The molecule has 0 aromatic heterocycles. The van der Waals surface area contributed by atoms with Crippen LogP contribution < -0.4 is 11.1 Å². The summed E-state index contributed by atoms with van der Waals surface area (Å²) in [5.74, 6) is -0.833. The van der Waals surface area contributed by atoms with Crippen LogP contribution >= 0.6 is 45.2 Å². The normalized spacial score (nSPS) is 10.1. The number of hydrogen-bond donors (Lipinski definition) is 2. The maximum absolute atomic E-state index is 12.3. The van der Waals surface area contributed by atoms with Gasteiger partial charge in [0.1, 0.15) is 0 Å². The first-order chi connectivity index (χ1) is 9.49. The minimum atomic E-state index is -0.571. The molecule has 2 aromatic rings. The van der Waals surface area contributed by atoms with Crippen LogP contribution in [-0.2, 0) is 0 Å². The van der Waals surface area contributed by atoms with E-state index in [1.165, 1.54) is 0 Å². The van der Waals surface area contributed by atoms with Crippen molar-refractivity contribution in [2.75, 3.05) is 5.32 Å².